The highest BCUT2D eigenvalue weighted by Crippen LogP contribution is 2.37. The first-order chi connectivity index (χ1) is 12.9. The second kappa shape index (κ2) is 6.16. The molecule has 0 heterocycles. The molecular formula is C26H18. The number of hydrogen-bond donors (Lipinski definition) is 0. The molecule has 0 spiro atoms. The zero-order valence-corrected chi connectivity index (χ0v) is 14.4. The number of benzene rings is 5. The van der Waals surface area contributed by atoms with Gasteiger partial charge in [0.2, 0.25) is 0 Å². The van der Waals surface area contributed by atoms with Gasteiger partial charge in [0.25, 0.3) is 0 Å². The van der Waals surface area contributed by atoms with Crippen LogP contribution < -0.4 is 0 Å². The Morgan fingerprint density at radius 1 is 0.385 bits per heavy atom. The maximum absolute atomic E-state index is 2.24. The van der Waals surface area contributed by atoms with Gasteiger partial charge in [-0.15, -0.1) is 0 Å². The first kappa shape index (κ1) is 14.9. The van der Waals surface area contributed by atoms with E-state index in [0.29, 0.717) is 0 Å². The average molecular weight is 330 g/mol. The monoisotopic (exact) mass is 330 g/mol. The third kappa shape index (κ3) is 2.39. The van der Waals surface area contributed by atoms with Crippen LogP contribution in [0.1, 0.15) is 11.1 Å². The summed E-state index contributed by atoms with van der Waals surface area (Å²) in [5.74, 6) is 0. The average Bonchev–Trinajstić information content (AvgIpc) is 2.73. The maximum Gasteiger partial charge on any atom is -0.00264 e. The minimum Gasteiger partial charge on any atom is -0.0622 e. The molecule has 0 amide bonds. The molecule has 5 aromatic rings. The van der Waals surface area contributed by atoms with Crippen molar-refractivity contribution in [3.63, 3.8) is 0 Å². The molecule has 0 atom stereocenters. The van der Waals surface area contributed by atoms with E-state index < -0.39 is 0 Å². The fraction of sp³-hybridized carbons (Fsp3) is 0. The fourth-order valence-electron chi connectivity index (χ4n) is 3.87. The lowest BCUT2D eigenvalue weighted by molar-refractivity contribution is 1.66. The Bertz CT molecular complexity index is 1220. The van der Waals surface area contributed by atoms with Gasteiger partial charge in [-0.3, -0.25) is 0 Å². The number of rotatable bonds is 2. The van der Waals surface area contributed by atoms with E-state index in [2.05, 4.69) is 109 Å². The zero-order chi connectivity index (χ0) is 17.3. The molecule has 26 heavy (non-hydrogen) atoms. The summed E-state index contributed by atoms with van der Waals surface area (Å²) in [5.41, 5.74) is 2.47. The summed E-state index contributed by atoms with van der Waals surface area (Å²) in [5, 5.41) is 7.91. The van der Waals surface area contributed by atoms with Crippen LogP contribution in [-0.2, 0) is 0 Å². The standard InChI is InChI=1S/C26H18/c1-2-9-19(10-3-1)17-18-20-11-8-16-25-23-13-5-4-12-21(23)22-14-6-7-15-24(22)26(20)25/h1-18H. The molecule has 5 aromatic carbocycles. The quantitative estimate of drug-likeness (QED) is 0.235. The molecule has 0 N–H and O–H groups in total. The Kier molecular flexibility index (Phi) is 3.54. The molecule has 0 aliphatic rings. The summed E-state index contributed by atoms with van der Waals surface area (Å²) < 4.78 is 0. The molecule has 0 aliphatic carbocycles. The lowest BCUT2D eigenvalue weighted by atomic mass is 9.91. The molecular weight excluding hydrogens is 312 g/mol. The van der Waals surface area contributed by atoms with E-state index >= 15 is 0 Å². The normalized spacial score (nSPS) is 11.7. The molecule has 0 nitrogen and oxygen atoms in total. The summed E-state index contributed by atoms with van der Waals surface area (Å²) in [6, 6.07) is 34.5. The van der Waals surface area contributed by atoms with Gasteiger partial charge in [-0.1, -0.05) is 109 Å². The van der Waals surface area contributed by atoms with Gasteiger partial charge in [0.05, 0.1) is 0 Å². The predicted molar refractivity (Wildman–Crippen MR) is 114 cm³/mol. The minimum absolute atomic E-state index is 1.22. The zero-order valence-electron chi connectivity index (χ0n) is 14.4. The van der Waals surface area contributed by atoms with Crippen LogP contribution in [0.5, 0.6) is 0 Å². The van der Waals surface area contributed by atoms with Crippen molar-refractivity contribution >= 4 is 44.5 Å². The van der Waals surface area contributed by atoms with Crippen molar-refractivity contribution in [2.24, 2.45) is 0 Å². The van der Waals surface area contributed by atoms with Crippen molar-refractivity contribution in [1.29, 1.82) is 0 Å². The summed E-state index contributed by atoms with van der Waals surface area (Å²) in [6.45, 7) is 0. The Labute approximate surface area is 153 Å². The highest BCUT2D eigenvalue weighted by Gasteiger charge is 2.09. The van der Waals surface area contributed by atoms with Crippen molar-refractivity contribution in [3.05, 3.63) is 108 Å². The van der Waals surface area contributed by atoms with Crippen LogP contribution in [0.3, 0.4) is 0 Å². The lowest BCUT2D eigenvalue weighted by Crippen LogP contribution is -1.85. The van der Waals surface area contributed by atoms with Gasteiger partial charge < -0.3 is 0 Å². The third-order valence-corrected chi connectivity index (χ3v) is 5.06. The van der Waals surface area contributed by atoms with Crippen molar-refractivity contribution in [2.45, 2.75) is 0 Å². The van der Waals surface area contributed by atoms with Crippen LogP contribution in [0, 0.1) is 0 Å². The van der Waals surface area contributed by atoms with E-state index in [9.17, 15) is 0 Å². The van der Waals surface area contributed by atoms with Gasteiger partial charge in [-0.2, -0.15) is 0 Å². The van der Waals surface area contributed by atoms with Crippen molar-refractivity contribution in [1.82, 2.24) is 0 Å². The van der Waals surface area contributed by atoms with Crippen LogP contribution in [0.4, 0.5) is 0 Å². The molecule has 0 bridgehead atoms. The summed E-state index contributed by atoms with van der Waals surface area (Å²) in [7, 11) is 0. The van der Waals surface area contributed by atoms with Gasteiger partial charge in [0.15, 0.2) is 0 Å². The minimum atomic E-state index is 1.22. The Hall–Kier alpha value is -3.38. The lowest BCUT2D eigenvalue weighted by Gasteiger charge is -2.12. The maximum atomic E-state index is 2.24. The van der Waals surface area contributed by atoms with Gasteiger partial charge in [0.1, 0.15) is 0 Å². The van der Waals surface area contributed by atoms with Crippen LogP contribution in [0.25, 0.3) is 44.5 Å². The predicted octanol–water partition coefficient (Wildman–Crippen LogP) is 7.32. The van der Waals surface area contributed by atoms with Gasteiger partial charge in [-0.05, 0) is 43.4 Å². The van der Waals surface area contributed by atoms with Gasteiger partial charge in [-0.25, -0.2) is 0 Å². The van der Waals surface area contributed by atoms with E-state index in [0.717, 1.165) is 0 Å². The Morgan fingerprint density at radius 2 is 0.885 bits per heavy atom. The highest BCUT2D eigenvalue weighted by atomic mass is 14.1. The first-order valence-corrected chi connectivity index (χ1v) is 8.97. The van der Waals surface area contributed by atoms with Crippen LogP contribution >= 0.6 is 0 Å². The summed E-state index contributed by atoms with van der Waals surface area (Å²) in [6.07, 6.45) is 4.43. The molecule has 0 radical (unpaired) electrons. The molecule has 0 unspecified atom stereocenters. The van der Waals surface area contributed by atoms with Crippen LogP contribution in [0.15, 0.2) is 97.1 Å². The Balaban J connectivity index is 1.87. The number of hydrogen-bond acceptors (Lipinski definition) is 0. The fourth-order valence-corrected chi connectivity index (χ4v) is 3.87. The SMILES string of the molecule is C(=Cc1cccc2c3ccccc3c3ccccc3c12)c1ccccc1. The van der Waals surface area contributed by atoms with Crippen molar-refractivity contribution < 1.29 is 0 Å². The van der Waals surface area contributed by atoms with E-state index in [1.165, 1.54) is 43.4 Å². The van der Waals surface area contributed by atoms with E-state index in [-0.39, 0.29) is 0 Å². The topological polar surface area (TPSA) is 0 Å². The van der Waals surface area contributed by atoms with Gasteiger partial charge in [0, 0.05) is 0 Å². The summed E-state index contributed by atoms with van der Waals surface area (Å²) >= 11 is 0. The smallest absolute Gasteiger partial charge is 0.00264 e. The van der Waals surface area contributed by atoms with E-state index in [1.807, 2.05) is 0 Å². The van der Waals surface area contributed by atoms with Gasteiger partial charge >= 0.3 is 0 Å². The molecule has 5 rings (SSSR count). The van der Waals surface area contributed by atoms with Crippen molar-refractivity contribution in [3.8, 4) is 0 Å². The van der Waals surface area contributed by atoms with Crippen LogP contribution in [0.2, 0.25) is 0 Å². The van der Waals surface area contributed by atoms with E-state index in [4.69, 9.17) is 0 Å². The van der Waals surface area contributed by atoms with E-state index in [1.54, 1.807) is 0 Å². The molecule has 122 valence electrons. The number of fused-ring (bicyclic) bond motifs is 6. The Morgan fingerprint density at radius 3 is 1.54 bits per heavy atom. The molecule has 0 saturated carbocycles. The summed E-state index contributed by atoms with van der Waals surface area (Å²) in [4.78, 5) is 0. The molecule has 0 aromatic heterocycles. The first-order valence-electron chi connectivity index (χ1n) is 8.97. The second-order valence-corrected chi connectivity index (χ2v) is 6.60. The third-order valence-electron chi connectivity index (χ3n) is 5.06. The second-order valence-electron chi connectivity index (χ2n) is 6.60. The molecule has 0 saturated heterocycles. The highest BCUT2D eigenvalue weighted by molar-refractivity contribution is 6.27. The molecule has 0 heteroatoms. The van der Waals surface area contributed by atoms with Crippen molar-refractivity contribution in [2.75, 3.05) is 0 Å². The molecule has 0 aliphatic heterocycles. The van der Waals surface area contributed by atoms with Crippen LogP contribution in [-0.4, -0.2) is 0 Å². The molecule has 0 fully saturated rings. The largest absolute Gasteiger partial charge is 0.0622 e.